The van der Waals surface area contributed by atoms with Gasteiger partial charge in [0.2, 0.25) is 5.91 Å². The molecule has 0 aromatic heterocycles. The summed E-state index contributed by atoms with van der Waals surface area (Å²) in [5, 5.41) is 20.3. The van der Waals surface area contributed by atoms with Crippen LogP contribution in [0.15, 0.2) is 54.6 Å². The number of hydrogen-bond acceptors (Lipinski definition) is 4. The van der Waals surface area contributed by atoms with E-state index in [4.69, 9.17) is 15.6 Å². The molecule has 3 rings (SSSR count). The monoisotopic (exact) mass is 434 g/mol. The van der Waals surface area contributed by atoms with Crippen LogP contribution in [0, 0.1) is 16.7 Å². The predicted octanol–water partition coefficient (Wildman–Crippen LogP) is 4.78. The lowest BCUT2D eigenvalue weighted by atomic mass is 9.89. The maximum Gasteiger partial charge on any atom is 0.223 e. The lowest BCUT2D eigenvalue weighted by Crippen LogP contribution is -2.44. The van der Waals surface area contributed by atoms with Crippen molar-refractivity contribution >= 4 is 17.6 Å². The average molecular weight is 435 g/mol. The van der Waals surface area contributed by atoms with Gasteiger partial charge in [-0.25, -0.2) is 0 Å². The lowest BCUT2D eigenvalue weighted by molar-refractivity contribution is -0.125. The third-order valence-electron chi connectivity index (χ3n) is 6.05. The summed E-state index contributed by atoms with van der Waals surface area (Å²) in [6.07, 6.45) is 6.53. The first-order valence-corrected chi connectivity index (χ1v) is 11.4. The largest absolute Gasteiger partial charge is 0.497 e. The van der Waals surface area contributed by atoms with Crippen LogP contribution in [-0.4, -0.2) is 36.1 Å². The second kappa shape index (κ2) is 12.0. The topological polar surface area (TPSA) is 89.3 Å². The first-order chi connectivity index (χ1) is 15.6. The SMILES string of the molecule is COc1ccc(CN(C(=N)CCc2ccccc2)C(=N)CNC(=O)C2CCCCC2)cc1. The number of amidine groups is 2. The van der Waals surface area contributed by atoms with E-state index in [2.05, 4.69) is 17.4 Å². The molecule has 0 saturated heterocycles. The van der Waals surface area contributed by atoms with Crippen LogP contribution >= 0.6 is 0 Å². The first kappa shape index (κ1) is 23.5. The van der Waals surface area contributed by atoms with Gasteiger partial charge in [-0.2, -0.15) is 0 Å². The zero-order valence-electron chi connectivity index (χ0n) is 18.9. The number of rotatable bonds is 9. The number of methoxy groups -OCH3 is 1. The minimum atomic E-state index is 0.0367. The van der Waals surface area contributed by atoms with E-state index in [9.17, 15) is 4.79 Å². The summed E-state index contributed by atoms with van der Waals surface area (Å²) < 4.78 is 5.23. The molecular formula is C26H34N4O2. The molecule has 1 aliphatic carbocycles. The van der Waals surface area contributed by atoms with E-state index in [1.807, 2.05) is 42.5 Å². The van der Waals surface area contributed by atoms with Gasteiger partial charge in [-0.05, 0) is 42.5 Å². The highest BCUT2D eigenvalue weighted by Gasteiger charge is 2.22. The summed E-state index contributed by atoms with van der Waals surface area (Å²) in [6, 6.07) is 17.7. The van der Waals surface area contributed by atoms with Crippen molar-refractivity contribution in [3.8, 4) is 5.75 Å². The van der Waals surface area contributed by atoms with E-state index in [1.165, 1.54) is 12.0 Å². The normalized spacial score (nSPS) is 13.9. The van der Waals surface area contributed by atoms with Crippen LogP contribution in [-0.2, 0) is 17.8 Å². The number of ether oxygens (including phenoxy) is 1. The van der Waals surface area contributed by atoms with Gasteiger partial charge in [-0.15, -0.1) is 0 Å². The molecule has 3 N–H and O–H groups in total. The van der Waals surface area contributed by atoms with Gasteiger partial charge in [0.1, 0.15) is 17.4 Å². The van der Waals surface area contributed by atoms with Crippen molar-refractivity contribution in [3.05, 3.63) is 65.7 Å². The standard InChI is InChI=1S/C26H34N4O2/c1-32-23-15-12-21(13-16-23)19-30(24(27)17-14-20-8-4-2-5-9-20)25(28)18-29-26(31)22-10-6-3-7-11-22/h2,4-5,8-9,12-13,15-16,22,27-28H,3,6-7,10-11,14,17-19H2,1H3,(H,29,31). The lowest BCUT2D eigenvalue weighted by Gasteiger charge is -2.27. The smallest absolute Gasteiger partial charge is 0.223 e. The van der Waals surface area contributed by atoms with Crippen LogP contribution in [0.1, 0.15) is 49.7 Å². The fourth-order valence-corrected chi connectivity index (χ4v) is 4.09. The van der Waals surface area contributed by atoms with Crippen LogP contribution in [0.25, 0.3) is 0 Å². The van der Waals surface area contributed by atoms with Gasteiger partial charge in [-0.1, -0.05) is 61.7 Å². The summed E-state index contributed by atoms with van der Waals surface area (Å²) in [6.45, 7) is 0.551. The number of carbonyl (C=O) groups excluding carboxylic acids is 1. The zero-order valence-corrected chi connectivity index (χ0v) is 18.9. The van der Waals surface area contributed by atoms with Gasteiger partial charge in [0.15, 0.2) is 0 Å². The fourth-order valence-electron chi connectivity index (χ4n) is 4.09. The number of aryl methyl sites for hydroxylation is 1. The van der Waals surface area contributed by atoms with E-state index < -0.39 is 0 Å². The molecule has 0 radical (unpaired) electrons. The van der Waals surface area contributed by atoms with Gasteiger partial charge in [0.05, 0.1) is 20.2 Å². The van der Waals surface area contributed by atoms with E-state index in [1.54, 1.807) is 12.0 Å². The first-order valence-electron chi connectivity index (χ1n) is 11.4. The summed E-state index contributed by atoms with van der Waals surface area (Å²) in [5.74, 6) is 1.48. The highest BCUT2D eigenvalue weighted by Crippen LogP contribution is 2.23. The Hall–Kier alpha value is -3.15. The summed E-state index contributed by atoms with van der Waals surface area (Å²) >= 11 is 0. The Morgan fingerprint density at radius 2 is 1.66 bits per heavy atom. The number of nitrogens with one attached hydrogen (secondary N) is 3. The highest BCUT2D eigenvalue weighted by atomic mass is 16.5. The number of carbonyl (C=O) groups is 1. The Morgan fingerprint density at radius 1 is 0.969 bits per heavy atom. The minimum absolute atomic E-state index is 0.0367. The second-order valence-corrected chi connectivity index (χ2v) is 8.37. The van der Waals surface area contributed by atoms with E-state index in [-0.39, 0.29) is 24.2 Å². The number of nitrogens with zero attached hydrogens (tertiary/aromatic N) is 1. The zero-order chi connectivity index (χ0) is 22.8. The minimum Gasteiger partial charge on any atom is -0.497 e. The quantitative estimate of drug-likeness (QED) is 0.392. The van der Waals surface area contributed by atoms with E-state index >= 15 is 0 Å². The third kappa shape index (κ3) is 6.94. The molecule has 170 valence electrons. The van der Waals surface area contributed by atoms with Gasteiger partial charge in [0, 0.05) is 12.3 Å². The van der Waals surface area contributed by atoms with Crippen LogP contribution in [0.2, 0.25) is 0 Å². The van der Waals surface area contributed by atoms with Crippen LogP contribution in [0.3, 0.4) is 0 Å². The number of benzene rings is 2. The Balaban J connectivity index is 1.64. The molecular weight excluding hydrogens is 400 g/mol. The summed E-state index contributed by atoms with van der Waals surface area (Å²) in [5.41, 5.74) is 2.15. The maximum absolute atomic E-state index is 12.5. The predicted molar refractivity (Wildman–Crippen MR) is 128 cm³/mol. The molecule has 2 aromatic rings. The Bertz CT molecular complexity index is 890. The maximum atomic E-state index is 12.5. The van der Waals surface area contributed by atoms with Crippen molar-refractivity contribution in [1.82, 2.24) is 10.2 Å². The molecule has 0 aliphatic heterocycles. The molecule has 0 bridgehead atoms. The summed E-state index contributed by atoms with van der Waals surface area (Å²) in [7, 11) is 1.63. The van der Waals surface area contributed by atoms with Gasteiger partial charge >= 0.3 is 0 Å². The molecule has 0 spiro atoms. The van der Waals surface area contributed by atoms with Gasteiger partial charge in [0.25, 0.3) is 0 Å². The number of amides is 1. The number of hydrogen-bond donors (Lipinski definition) is 3. The van der Waals surface area contributed by atoms with Crippen molar-refractivity contribution < 1.29 is 9.53 Å². The van der Waals surface area contributed by atoms with Crippen LogP contribution in [0.5, 0.6) is 5.75 Å². The van der Waals surface area contributed by atoms with Gasteiger partial charge < -0.3 is 15.0 Å². The van der Waals surface area contributed by atoms with Crippen molar-refractivity contribution in [2.75, 3.05) is 13.7 Å². The molecule has 2 aromatic carbocycles. The van der Waals surface area contributed by atoms with Crippen molar-refractivity contribution in [3.63, 3.8) is 0 Å². The van der Waals surface area contributed by atoms with Crippen molar-refractivity contribution in [1.29, 1.82) is 10.8 Å². The molecule has 1 amide bonds. The molecule has 32 heavy (non-hydrogen) atoms. The second-order valence-electron chi connectivity index (χ2n) is 8.37. The molecule has 1 saturated carbocycles. The Morgan fingerprint density at radius 3 is 2.31 bits per heavy atom. The molecule has 0 unspecified atom stereocenters. The van der Waals surface area contributed by atoms with Crippen LogP contribution in [0.4, 0.5) is 0 Å². The molecule has 1 aliphatic rings. The molecule has 0 atom stereocenters. The summed E-state index contributed by atoms with van der Waals surface area (Å²) in [4.78, 5) is 14.2. The van der Waals surface area contributed by atoms with Crippen molar-refractivity contribution in [2.24, 2.45) is 5.92 Å². The van der Waals surface area contributed by atoms with E-state index in [0.717, 1.165) is 43.4 Å². The molecule has 6 nitrogen and oxygen atoms in total. The van der Waals surface area contributed by atoms with Gasteiger partial charge in [-0.3, -0.25) is 15.6 Å². The van der Waals surface area contributed by atoms with Crippen LogP contribution < -0.4 is 10.1 Å². The molecule has 6 heteroatoms. The molecule has 0 heterocycles. The highest BCUT2D eigenvalue weighted by molar-refractivity contribution is 6.00. The van der Waals surface area contributed by atoms with Crippen molar-refractivity contribution in [2.45, 2.75) is 51.5 Å². The molecule has 1 fully saturated rings. The average Bonchev–Trinajstić information content (AvgIpc) is 2.85. The fraction of sp³-hybridized carbons (Fsp3) is 0.423. The Kier molecular flexibility index (Phi) is 8.84. The third-order valence-corrected chi connectivity index (χ3v) is 6.05. The van der Waals surface area contributed by atoms with E-state index in [0.29, 0.717) is 18.8 Å². The Labute approximate surface area is 191 Å².